The zero-order valence-electron chi connectivity index (χ0n) is 11.3. The lowest BCUT2D eigenvalue weighted by atomic mass is 10.2. The van der Waals surface area contributed by atoms with Crippen LogP contribution >= 0.6 is 11.6 Å². The van der Waals surface area contributed by atoms with Crippen LogP contribution in [0.2, 0.25) is 5.15 Å². The van der Waals surface area contributed by atoms with Gasteiger partial charge in [-0.2, -0.15) is 0 Å². The number of aromatic nitrogens is 4. The van der Waals surface area contributed by atoms with E-state index in [4.69, 9.17) is 11.6 Å². The standard InChI is InChI=1S/C14H14ClN5/c1-19-8-7-16-12(19)9-20(2)14-17-11-6-4-3-5-10(11)13(15)18-14/h3-8H,9H2,1-2H3. The molecule has 0 bridgehead atoms. The summed E-state index contributed by atoms with van der Waals surface area (Å²) < 4.78 is 1.97. The lowest BCUT2D eigenvalue weighted by Gasteiger charge is -2.17. The van der Waals surface area contributed by atoms with Crippen molar-refractivity contribution in [1.82, 2.24) is 19.5 Å². The molecule has 2 aromatic heterocycles. The number of halogens is 1. The van der Waals surface area contributed by atoms with Crippen LogP contribution in [0.4, 0.5) is 5.95 Å². The summed E-state index contributed by atoms with van der Waals surface area (Å²) in [6.45, 7) is 0.623. The van der Waals surface area contributed by atoms with Gasteiger partial charge in [0.1, 0.15) is 11.0 Å². The Bertz CT molecular complexity index is 752. The summed E-state index contributed by atoms with van der Waals surface area (Å²) in [7, 11) is 3.89. The maximum absolute atomic E-state index is 6.22. The van der Waals surface area contributed by atoms with E-state index in [0.29, 0.717) is 17.6 Å². The number of benzene rings is 1. The van der Waals surface area contributed by atoms with Crippen LogP contribution in [0.25, 0.3) is 10.9 Å². The van der Waals surface area contributed by atoms with E-state index in [1.54, 1.807) is 6.20 Å². The highest BCUT2D eigenvalue weighted by atomic mass is 35.5. The largest absolute Gasteiger partial charge is 0.337 e. The van der Waals surface area contributed by atoms with Crippen molar-refractivity contribution < 1.29 is 0 Å². The highest BCUT2D eigenvalue weighted by Gasteiger charge is 2.11. The van der Waals surface area contributed by atoms with Gasteiger partial charge in [-0.15, -0.1) is 0 Å². The van der Waals surface area contributed by atoms with Crippen LogP contribution in [0.1, 0.15) is 5.82 Å². The van der Waals surface area contributed by atoms with Crippen LogP contribution in [0.5, 0.6) is 0 Å². The van der Waals surface area contributed by atoms with Crippen LogP contribution in [-0.4, -0.2) is 26.6 Å². The molecule has 1 aromatic carbocycles. The Hall–Kier alpha value is -2.14. The van der Waals surface area contributed by atoms with Gasteiger partial charge in [-0.25, -0.2) is 15.0 Å². The first-order valence-corrected chi connectivity index (χ1v) is 6.62. The number of fused-ring (bicyclic) bond motifs is 1. The van der Waals surface area contributed by atoms with Gasteiger partial charge in [-0.1, -0.05) is 23.7 Å². The topological polar surface area (TPSA) is 46.8 Å². The molecule has 0 atom stereocenters. The van der Waals surface area contributed by atoms with E-state index in [9.17, 15) is 0 Å². The predicted molar refractivity (Wildman–Crippen MR) is 79.9 cm³/mol. The zero-order valence-corrected chi connectivity index (χ0v) is 12.0. The normalized spacial score (nSPS) is 10.9. The fraction of sp³-hybridized carbons (Fsp3) is 0.214. The van der Waals surface area contributed by atoms with Gasteiger partial charge >= 0.3 is 0 Å². The summed E-state index contributed by atoms with van der Waals surface area (Å²) in [5.74, 6) is 1.54. The molecule has 0 aliphatic rings. The second-order valence-corrected chi connectivity index (χ2v) is 5.00. The molecule has 3 rings (SSSR count). The molecule has 6 heteroatoms. The molecule has 2 heterocycles. The number of imidazole rings is 1. The SMILES string of the molecule is CN(Cc1nccn1C)c1nc(Cl)c2ccccc2n1. The number of para-hydroxylation sites is 1. The Morgan fingerprint density at radius 3 is 2.80 bits per heavy atom. The first kappa shape index (κ1) is 12.9. The lowest BCUT2D eigenvalue weighted by Crippen LogP contribution is -2.21. The van der Waals surface area contributed by atoms with Gasteiger partial charge in [-0.3, -0.25) is 0 Å². The first-order valence-electron chi connectivity index (χ1n) is 6.25. The molecule has 5 nitrogen and oxygen atoms in total. The van der Waals surface area contributed by atoms with Gasteiger partial charge in [0.05, 0.1) is 12.1 Å². The predicted octanol–water partition coefficient (Wildman–Crippen LogP) is 2.65. The summed E-state index contributed by atoms with van der Waals surface area (Å²) >= 11 is 6.22. The van der Waals surface area contributed by atoms with Crippen molar-refractivity contribution in [2.24, 2.45) is 7.05 Å². The third-order valence-electron chi connectivity index (χ3n) is 3.19. The molecule has 0 spiro atoms. The van der Waals surface area contributed by atoms with Crippen LogP contribution in [0.3, 0.4) is 0 Å². The van der Waals surface area contributed by atoms with Gasteiger partial charge in [0, 0.05) is 31.9 Å². The molecular weight excluding hydrogens is 274 g/mol. The lowest BCUT2D eigenvalue weighted by molar-refractivity contribution is 0.748. The average molecular weight is 288 g/mol. The average Bonchev–Trinajstić information content (AvgIpc) is 2.84. The Morgan fingerprint density at radius 2 is 2.05 bits per heavy atom. The van der Waals surface area contributed by atoms with E-state index >= 15 is 0 Å². The van der Waals surface area contributed by atoms with Crippen molar-refractivity contribution >= 4 is 28.5 Å². The quantitative estimate of drug-likeness (QED) is 0.695. The van der Waals surface area contributed by atoms with Crippen LogP contribution in [0.15, 0.2) is 36.7 Å². The zero-order chi connectivity index (χ0) is 14.1. The van der Waals surface area contributed by atoms with Crippen molar-refractivity contribution in [3.63, 3.8) is 0 Å². The summed E-state index contributed by atoms with van der Waals surface area (Å²) in [5, 5.41) is 1.33. The van der Waals surface area contributed by atoms with E-state index in [-0.39, 0.29) is 0 Å². The van der Waals surface area contributed by atoms with Crippen molar-refractivity contribution in [1.29, 1.82) is 0 Å². The van der Waals surface area contributed by atoms with E-state index in [1.807, 2.05) is 54.0 Å². The van der Waals surface area contributed by atoms with Crippen LogP contribution < -0.4 is 4.90 Å². The molecule has 102 valence electrons. The molecule has 0 amide bonds. The minimum absolute atomic E-state index is 0.470. The summed E-state index contributed by atoms with van der Waals surface area (Å²) in [6, 6.07) is 7.71. The molecule has 20 heavy (non-hydrogen) atoms. The van der Waals surface area contributed by atoms with Crippen LogP contribution in [-0.2, 0) is 13.6 Å². The molecule has 0 fully saturated rings. The third kappa shape index (κ3) is 2.32. The Morgan fingerprint density at radius 1 is 1.25 bits per heavy atom. The Balaban J connectivity index is 1.95. The molecule has 3 aromatic rings. The molecule has 0 aliphatic heterocycles. The molecule has 0 radical (unpaired) electrons. The van der Waals surface area contributed by atoms with E-state index in [0.717, 1.165) is 16.7 Å². The first-order chi connectivity index (χ1) is 9.65. The molecule has 0 N–H and O–H groups in total. The Kier molecular flexibility index (Phi) is 3.28. The number of hydrogen-bond donors (Lipinski definition) is 0. The monoisotopic (exact) mass is 287 g/mol. The van der Waals surface area contributed by atoms with Gasteiger partial charge < -0.3 is 9.47 Å². The number of anilines is 1. The highest BCUT2D eigenvalue weighted by Crippen LogP contribution is 2.23. The molecule has 0 unspecified atom stereocenters. The number of hydrogen-bond acceptors (Lipinski definition) is 4. The minimum Gasteiger partial charge on any atom is -0.337 e. The van der Waals surface area contributed by atoms with Crippen LogP contribution in [0, 0.1) is 0 Å². The minimum atomic E-state index is 0.470. The summed E-state index contributed by atoms with van der Waals surface area (Å²) in [4.78, 5) is 15.1. The molecular formula is C14H14ClN5. The number of rotatable bonds is 3. The maximum Gasteiger partial charge on any atom is 0.227 e. The van der Waals surface area contributed by atoms with E-state index in [1.165, 1.54) is 0 Å². The van der Waals surface area contributed by atoms with Crippen molar-refractivity contribution in [2.45, 2.75) is 6.54 Å². The van der Waals surface area contributed by atoms with Gasteiger partial charge in [0.2, 0.25) is 5.95 Å². The maximum atomic E-state index is 6.22. The highest BCUT2D eigenvalue weighted by molar-refractivity contribution is 6.34. The fourth-order valence-electron chi connectivity index (χ4n) is 2.03. The van der Waals surface area contributed by atoms with Crippen molar-refractivity contribution in [3.05, 3.63) is 47.6 Å². The van der Waals surface area contributed by atoms with E-state index < -0.39 is 0 Å². The van der Waals surface area contributed by atoms with Gasteiger partial charge in [0.15, 0.2) is 0 Å². The molecule has 0 aliphatic carbocycles. The van der Waals surface area contributed by atoms with Crippen molar-refractivity contribution in [2.75, 3.05) is 11.9 Å². The molecule has 0 saturated heterocycles. The number of aryl methyl sites for hydroxylation is 1. The Labute approximate surface area is 121 Å². The van der Waals surface area contributed by atoms with E-state index in [2.05, 4.69) is 15.0 Å². The third-order valence-corrected chi connectivity index (χ3v) is 3.47. The smallest absolute Gasteiger partial charge is 0.227 e. The number of nitrogens with zero attached hydrogens (tertiary/aromatic N) is 5. The summed E-state index contributed by atoms with van der Waals surface area (Å²) in [5.41, 5.74) is 0.842. The second-order valence-electron chi connectivity index (χ2n) is 4.64. The van der Waals surface area contributed by atoms with Gasteiger partial charge in [-0.05, 0) is 12.1 Å². The van der Waals surface area contributed by atoms with Crippen molar-refractivity contribution in [3.8, 4) is 0 Å². The molecule has 0 saturated carbocycles. The summed E-state index contributed by atoms with van der Waals surface area (Å²) in [6.07, 6.45) is 3.69. The van der Waals surface area contributed by atoms with Gasteiger partial charge in [0.25, 0.3) is 0 Å². The second kappa shape index (κ2) is 5.09. The fourth-order valence-corrected chi connectivity index (χ4v) is 2.26.